The summed E-state index contributed by atoms with van der Waals surface area (Å²) in [4.78, 5) is 13.0. The molecule has 3 aromatic carbocycles. The van der Waals surface area contributed by atoms with Crippen LogP contribution in [0.2, 0.25) is 0 Å². The van der Waals surface area contributed by atoms with Crippen molar-refractivity contribution in [3.8, 4) is 0 Å². The highest BCUT2D eigenvalue weighted by molar-refractivity contribution is 7.90. The Balaban J connectivity index is 1.54. The largest absolute Gasteiger partial charge is 0.327 e. The van der Waals surface area contributed by atoms with Gasteiger partial charge in [0, 0.05) is 11.9 Å². The molecule has 0 heterocycles. The first-order valence-corrected chi connectivity index (χ1v) is 13.3. The number of carbonyl (C=O) groups is 1. The van der Waals surface area contributed by atoms with E-state index in [2.05, 4.69) is 34.9 Å². The molecule has 172 valence electrons. The second-order valence-corrected chi connectivity index (χ2v) is 10.8. The molecule has 1 atom stereocenters. The summed E-state index contributed by atoms with van der Waals surface area (Å²) < 4.78 is 23.7. The fraction of sp³-hybridized carbons (Fsp3) is 0.296. The topological polar surface area (TPSA) is 75.3 Å². The summed E-state index contributed by atoms with van der Waals surface area (Å²) in [7, 11) is -3.36. The number of sulfone groups is 1. The van der Waals surface area contributed by atoms with Gasteiger partial charge in [0.25, 0.3) is 0 Å². The number of urea groups is 1. The Morgan fingerprint density at radius 1 is 0.848 bits per heavy atom. The van der Waals surface area contributed by atoms with Crippen molar-refractivity contribution in [1.29, 1.82) is 0 Å². The lowest BCUT2D eigenvalue weighted by atomic mass is 9.83. The second-order valence-electron chi connectivity index (χ2n) is 8.74. The van der Waals surface area contributed by atoms with Gasteiger partial charge in [0.1, 0.15) is 0 Å². The molecule has 4 rings (SSSR count). The molecule has 0 saturated heterocycles. The Hall–Kier alpha value is -3.12. The van der Waals surface area contributed by atoms with Crippen molar-refractivity contribution >= 4 is 21.6 Å². The van der Waals surface area contributed by atoms with Crippen LogP contribution < -0.4 is 10.6 Å². The Bertz CT molecular complexity index is 1190. The first kappa shape index (κ1) is 23.1. The van der Waals surface area contributed by atoms with Crippen LogP contribution in [0.3, 0.4) is 0 Å². The molecule has 0 bridgehead atoms. The predicted molar refractivity (Wildman–Crippen MR) is 132 cm³/mol. The molecule has 0 spiro atoms. The van der Waals surface area contributed by atoms with Crippen molar-refractivity contribution < 1.29 is 13.2 Å². The van der Waals surface area contributed by atoms with Gasteiger partial charge in [0.05, 0.1) is 10.9 Å². The van der Waals surface area contributed by atoms with Crippen LogP contribution in [0.4, 0.5) is 10.5 Å². The zero-order valence-corrected chi connectivity index (χ0v) is 19.6. The van der Waals surface area contributed by atoms with E-state index in [0.717, 1.165) is 17.4 Å². The zero-order chi connectivity index (χ0) is 23.3. The minimum absolute atomic E-state index is 0.165. The van der Waals surface area contributed by atoms with E-state index in [4.69, 9.17) is 0 Å². The quantitative estimate of drug-likeness (QED) is 0.468. The molecule has 2 amide bonds. The Morgan fingerprint density at radius 3 is 2.18 bits per heavy atom. The summed E-state index contributed by atoms with van der Waals surface area (Å²) in [6, 6.07) is 24.0. The van der Waals surface area contributed by atoms with Gasteiger partial charge in [-0.1, -0.05) is 79.9 Å². The average molecular weight is 463 g/mol. The SMILES string of the molecule is CS(=O)(=O)c1cccc(NC(=O)NC(c2ccccc2)c2ccc(C3CCCCC3)cc2)c1. The normalized spacial score (nSPS) is 15.5. The highest BCUT2D eigenvalue weighted by Gasteiger charge is 2.19. The molecule has 1 fully saturated rings. The van der Waals surface area contributed by atoms with Gasteiger partial charge >= 0.3 is 6.03 Å². The van der Waals surface area contributed by atoms with Crippen molar-refractivity contribution in [2.45, 2.75) is 49.0 Å². The van der Waals surface area contributed by atoms with Crippen molar-refractivity contribution in [3.63, 3.8) is 0 Å². The fourth-order valence-corrected chi connectivity index (χ4v) is 5.17. The van der Waals surface area contributed by atoms with Gasteiger partial charge in [-0.2, -0.15) is 0 Å². The van der Waals surface area contributed by atoms with Gasteiger partial charge < -0.3 is 10.6 Å². The number of nitrogens with one attached hydrogen (secondary N) is 2. The standard InChI is InChI=1S/C27H30N2O3S/c1-33(31,32)25-14-8-13-24(19-25)28-27(30)29-26(22-11-6-3-7-12-22)23-17-15-21(16-18-23)20-9-4-2-5-10-20/h3,6-8,11-20,26H,2,4-5,9-10H2,1H3,(H2,28,29,30). The maximum Gasteiger partial charge on any atom is 0.319 e. The van der Waals surface area contributed by atoms with Gasteiger partial charge in [-0.3, -0.25) is 0 Å². The van der Waals surface area contributed by atoms with Crippen LogP contribution >= 0.6 is 0 Å². The predicted octanol–water partition coefficient (Wildman–Crippen LogP) is 6.05. The molecule has 0 aliphatic heterocycles. The average Bonchev–Trinajstić information content (AvgIpc) is 2.83. The third-order valence-electron chi connectivity index (χ3n) is 6.27. The van der Waals surface area contributed by atoms with Gasteiger partial charge in [-0.05, 0) is 53.6 Å². The van der Waals surface area contributed by atoms with Crippen LogP contribution in [0.5, 0.6) is 0 Å². The summed E-state index contributed by atoms with van der Waals surface area (Å²) in [5, 5.41) is 5.83. The maximum atomic E-state index is 12.9. The fourth-order valence-electron chi connectivity index (χ4n) is 4.50. The lowest BCUT2D eigenvalue weighted by Gasteiger charge is -2.24. The van der Waals surface area contributed by atoms with Crippen LogP contribution in [0.15, 0.2) is 83.8 Å². The van der Waals surface area contributed by atoms with Gasteiger partial charge in [0.15, 0.2) is 9.84 Å². The molecule has 2 N–H and O–H groups in total. The van der Waals surface area contributed by atoms with Crippen LogP contribution in [0, 0.1) is 0 Å². The number of hydrogen-bond acceptors (Lipinski definition) is 3. The molecule has 1 aliphatic rings. The summed E-state index contributed by atoms with van der Waals surface area (Å²) in [5.74, 6) is 0.626. The molecular formula is C27H30N2O3S. The van der Waals surface area contributed by atoms with Crippen molar-refractivity contribution in [2.75, 3.05) is 11.6 Å². The Kier molecular flexibility index (Phi) is 7.14. The molecule has 1 saturated carbocycles. The van der Waals surface area contributed by atoms with E-state index < -0.39 is 15.9 Å². The third kappa shape index (κ3) is 6.02. The van der Waals surface area contributed by atoms with E-state index in [1.807, 2.05) is 30.3 Å². The minimum Gasteiger partial charge on any atom is -0.327 e. The number of rotatable bonds is 6. The second kappa shape index (κ2) is 10.2. The first-order chi connectivity index (χ1) is 15.9. The molecule has 0 aromatic heterocycles. The van der Waals surface area contributed by atoms with Crippen molar-refractivity contribution in [3.05, 3.63) is 95.6 Å². The highest BCUT2D eigenvalue weighted by Crippen LogP contribution is 2.33. The van der Waals surface area contributed by atoms with Crippen molar-refractivity contribution in [1.82, 2.24) is 5.32 Å². The van der Waals surface area contributed by atoms with E-state index in [-0.39, 0.29) is 10.9 Å². The number of carbonyl (C=O) groups excluding carboxylic acids is 1. The van der Waals surface area contributed by atoms with Gasteiger partial charge in [-0.15, -0.1) is 0 Å². The minimum atomic E-state index is -3.36. The van der Waals surface area contributed by atoms with Gasteiger partial charge in [-0.25, -0.2) is 13.2 Å². The highest BCUT2D eigenvalue weighted by atomic mass is 32.2. The van der Waals surface area contributed by atoms with E-state index in [1.165, 1.54) is 49.8 Å². The van der Waals surface area contributed by atoms with Crippen molar-refractivity contribution in [2.24, 2.45) is 0 Å². The summed E-state index contributed by atoms with van der Waals surface area (Å²) in [6.45, 7) is 0. The van der Waals surface area contributed by atoms with Crippen LogP contribution in [-0.2, 0) is 9.84 Å². The lowest BCUT2D eigenvalue weighted by Crippen LogP contribution is -2.33. The summed E-state index contributed by atoms with van der Waals surface area (Å²) in [5.41, 5.74) is 3.77. The monoisotopic (exact) mass is 462 g/mol. The van der Waals surface area contributed by atoms with Gasteiger partial charge in [0.2, 0.25) is 0 Å². The number of benzene rings is 3. The van der Waals surface area contributed by atoms with E-state index in [9.17, 15) is 13.2 Å². The molecule has 1 unspecified atom stereocenters. The lowest BCUT2D eigenvalue weighted by molar-refractivity contribution is 0.250. The zero-order valence-electron chi connectivity index (χ0n) is 18.8. The molecule has 0 radical (unpaired) electrons. The van der Waals surface area contributed by atoms with Crippen LogP contribution in [0.25, 0.3) is 0 Å². The Morgan fingerprint density at radius 2 is 1.52 bits per heavy atom. The summed E-state index contributed by atoms with van der Waals surface area (Å²) >= 11 is 0. The molecule has 3 aromatic rings. The van der Waals surface area contributed by atoms with E-state index in [1.54, 1.807) is 12.1 Å². The molecule has 6 heteroatoms. The van der Waals surface area contributed by atoms with Crippen LogP contribution in [0.1, 0.15) is 60.8 Å². The molecule has 5 nitrogen and oxygen atoms in total. The smallest absolute Gasteiger partial charge is 0.319 e. The molecule has 33 heavy (non-hydrogen) atoms. The number of anilines is 1. The maximum absolute atomic E-state index is 12.9. The number of amides is 2. The molecular weight excluding hydrogens is 432 g/mol. The molecule has 1 aliphatic carbocycles. The van der Waals surface area contributed by atoms with Crippen LogP contribution in [-0.4, -0.2) is 20.7 Å². The summed E-state index contributed by atoms with van der Waals surface area (Å²) in [6.07, 6.45) is 7.55. The third-order valence-corrected chi connectivity index (χ3v) is 7.39. The first-order valence-electron chi connectivity index (χ1n) is 11.4. The van der Waals surface area contributed by atoms with E-state index >= 15 is 0 Å². The van der Waals surface area contributed by atoms with E-state index in [0.29, 0.717) is 11.6 Å². The Labute approximate surface area is 196 Å². The number of hydrogen-bond donors (Lipinski definition) is 2.